The van der Waals surface area contributed by atoms with Crippen LogP contribution in [0.25, 0.3) is 11.4 Å². The third kappa shape index (κ3) is 4.79. The first-order valence-corrected chi connectivity index (χ1v) is 10.2. The topological polar surface area (TPSA) is 94.7 Å². The Morgan fingerprint density at radius 3 is 2.37 bits per heavy atom. The van der Waals surface area contributed by atoms with Gasteiger partial charge in [0.1, 0.15) is 5.75 Å². The zero-order valence-electron chi connectivity index (χ0n) is 15.2. The first-order valence-electron chi connectivity index (χ1n) is 8.14. The summed E-state index contributed by atoms with van der Waals surface area (Å²) < 4.78 is 26.7. The van der Waals surface area contributed by atoms with Crippen LogP contribution >= 0.6 is 0 Å². The molecule has 0 N–H and O–H groups in total. The maximum absolute atomic E-state index is 12.7. The molecule has 27 heavy (non-hydrogen) atoms. The Morgan fingerprint density at radius 2 is 1.81 bits per heavy atom. The average Bonchev–Trinajstić information content (AvgIpc) is 3.08. The second-order valence-corrected chi connectivity index (χ2v) is 8.45. The van der Waals surface area contributed by atoms with Gasteiger partial charge in [0.15, 0.2) is 0 Å². The van der Waals surface area contributed by atoms with Crippen LogP contribution in [0.5, 0.6) is 5.75 Å². The van der Waals surface area contributed by atoms with Crippen LogP contribution in [0.1, 0.15) is 21.8 Å². The number of carbonyl (C=O) groups is 1. The fraction of sp³-hybridized carbons (Fsp3) is 0.211. The summed E-state index contributed by atoms with van der Waals surface area (Å²) in [7, 11) is -1.14. The van der Waals surface area contributed by atoms with E-state index in [1.165, 1.54) is 6.26 Å². The van der Waals surface area contributed by atoms with E-state index in [-0.39, 0.29) is 5.75 Å². The normalized spacial score (nSPS) is 13.0. The first-order chi connectivity index (χ1) is 12.9. The first kappa shape index (κ1) is 18.8. The van der Waals surface area contributed by atoms with Gasteiger partial charge in [0, 0.05) is 24.3 Å². The van der Waals surface area contributed by atoms with Crippen molar-refractivity contribution in [3.05, 3.63) is 65.5 Å². The molecule has 0 saturated carbocycles. The standard InChI is InChI=1S/C19H19N3O4S/c1-13-20-18(21-26-13)15-6-8-16(9-7-15)19(23)22-27(3,24)12-14-4-10-17(25-2)11-5-14/h4-11H,12H2,1-3H3. The molecule has 1 amide bonds. The number of aromatic nitrogens is 2. The van der Waals surface area contributed by atoms with Crippen molar-refractivity contribution >= 4 is 15.6 Å². The fourth-order valence-electron chi connectivity index (χ4n) is 2.47. The molecule has 1 heterocycles. The lowest BCUT2D eigenvalue weighted by Gasteiger charge is -2.06. The van der Waals surface area contributed by atoms with Gasteiger partial charge >= 0.3 is 0 Å². The molecule has 1 atom stereocenters. The van der Waals surface area contributed by atoms with Crippen LogP contribution in [0.2, 0.25) is 0 Å². The van der Waals surface area contributed by atoms with Crippen molar-refractivity contribution in [3.8, 4) is 17.1 Å². The molecule has 0 bridgehead atoms. The molecular formula is C19H19N3O4S. The summed E-state index contributed by atoms with van der Waals surface area (Å²) in [6, 6.07) is 13.8. The summed E-state index contributed by atoms with van der Waals surface area (Å²) in [5.41, 5.74) is 1.89. The molecule has 2 aromatic carbocycles. The Balaban J connectivity index is 1.76. The van der Waals surface area contributed by atoms with Gasteiger partial charge in [-0.1, -0.05) is 29.4 Å². The molecule has 7 nitrogen and oxygen atoms in total. The predicted molar refractivity (Wildman–Crippen MR) is 102 cm³/mol. The third-order valence-electron chi connectivity index (χ3n) is 3.79. The molecule has 8 heteroatoms. The van der Waals surface area contributed by atoms with Gasteiger partial charge in [-0.05, 0) is 29.8 Å². The van der Waals surface area contributed by atoms with Crippen molar-refractivity contribution in [1.82, 2.24) is 10.1 Å². The van der Waals surface area contributed by atoms with Crippen molar-refractivity contribution in [3.63, 3.8) is 0 Å². The summed E-state index contributed by atoms with van der Waals surface area (Å²) in [5, 5.41) is 3.83. The highest BCUT2D eigenvalue weighted by molar-refractivity contribution is 7.92. The smallest absolute Gasteiger partial charge is 0.285 e. The van der Waals surface area contributed by atoms with E-state index in [2.05, 4.69) is 14.5 Å². The number of amides is 1. The Kier molecular flexibility index (Phi) is 5.36. The van der Waals surface area contributed by atoms with E-state index in [0.29, 0.717) is 23.0 Å². The summed E-state index contributed by atoms with van der Waals surface area (Å²) in [6.45, 7) is 1.70. The van der Waals surface area contributed by atoms with Gasteiger partial charge in [-0.2, -0.15) is 9.35 Å². The third-order valence-corrected chi connectivity index (χ3v) is 5.21. The number of nitrogens with zero attached hydrogens (tertiary/aromatic N) is 3. The van der Waals surface area contributed by atoms with Gasteiger partial charge in [-0.3, -0.25) is 4.79 Å². The van der Waals surface area contributed by atoms with E-state index in [1.54, 1.807) is 50.4 Å². The molecule has 0 aliphatic rings. The molecule has 0 saturated heterocycles. The number of hydrogen-bond donors (Lipinski definition) is 0. The molecular weight excluding hydrogens is 366 g/mol. The second-order valence-electron chi connectivity index (χ2n) is 6.06. The monoisotopic (exact) mass is 385 g/mol. The maximum Gasteiger partial charge on any atom is 0.285 e. The van der Waals surface area contributed by atoms with Gasteiger partial charge in [-0.15, -0.1) is 0 Å². The van der Waals surface area contributed by atoms with Crippen molar-refractivity contribution in [2.24, 2.45) is 4.36 Å². The molecule has 0 fully saturated rings. The lowest BCUT2D eigenvalue weighted by atomic mass is 10.1. The molecule has 3 rings (SSSR count). The van der Waals surface area contributed by atoms with E-state index >= 15 is 0 Å². The highest BCUT2D eigenvalue weighted by atomic mass is 32.2. The number of ether oxygens (including phenoxy) is 1. The van der Waals surface area contributed by atoms with Crippen LogP contribution in [0.3, 0.4) is 0 Å². The minimum Gasteiger partial charge on any atom is -0.497 e. The van der Waals surface area contributed by atoms with Crippen LogP contribution in [0.15, 0.2) is 57.4 Å². The van der Waals surface area contributed by atoms with Crippen molar-refractivity contribution < 1.29 is 18.3 Å². The van der Waals surface area contributed by atoms with Crippen molar-refractivity contribution in [1.29, 1.82) is 0 Å². The van der Waals surface area contributed by atoms with Crippen LogP contribution in [0.4, 0.5) is 0 Å². The Labute approximate surface area is 157 Å². The average molecular weight is 385 g/mol. The van der Waals surface area contributed by atoms with Crippen LogP contribution in [0, 0.1) is 6.92 Å². The highest BCUT2D eigenvalue weighted by Gasteiger charge is 2.12. The van der Waals surface area contributed by atoms with E-state index in [1.807, 2.05) is 12.1 Å². The summed E-state index contributed by atoms with van der Waals surface area (Å²) in [6.07, 6.45) is 1.48. The maximum atomic E-state index is 12.7. The molecule has 140 valence electrons. The Hall–Kier alpha value is -3.00. The number of aryl methyl sites for hydroxylation is 1. The molecule has 0 aliphatic carbocycles. The van der Waals surface area contributed by atoms with E-state index in [0.717, 1.165) is 11.1 Å². The zero-order chi connectivity index (χ0) is 19.4. The number of hydrogen-bond acceptors (Lipinski definition) is 6. The zero-order valence-corrected chi connectivity index (χ0v) is 16.0. The molecule has 1 unspecified atom stereocenters. The van der Waals surface area contributed by atoms with Gasteiger partial charge < -0.3 is 9.26 Å². The predicted octanol–water partition coefficient (Wildman–Crippen LogP) is 3.49. The number of methoxy groups -OCH3 is 1. The van der Waals surface area contributed by atoms with Gasteiger partial charge in [0.05, 0.1) is 22.6 Å². The quantitative estimate of drug-likeness (QED) is 0.667. The molecule has 0 aliphatic heterocycles. The lowest BCUT2D eigenvalue weighted by molar-refractivity contribution is 0.100. The number of carbonyl (C=O) groups excluding carboxylic acids is 1. The minimum atomic E-state index is -2.72. The van der Waals surface area contributed by atoms with Gasteiger partial charge in [0.2, 0.25) is 11.7 Å². The van der Waals surface area contributed by atoms with Crippen molar-refractivity contribution in [2.75, 3.05) is 13.4 Å². The molecule has 3 aromatic rings. The summed E-state index contributed by atoms with van der Waals surface area (Å²) in [4.78, 5) is 16.5. The minimum absolute atomic E-state index is 0.183. The highest BCUT2D eigenvalue weighted by Crippen LogP contribution is 2.18. The largest absolute Gasteiger partial charge is 0.497 e. The van der Waals surface area contributed by atoms with Crippen molar-refractivity contribution in [2.45, 2.75) is 12.7 Å². The number of rotatable bonds is 5. The van der Waals surface area contributed by atoms with Crippen LogP contribution in [-0.4, -0.2) is 33.6 Å². The van der Waals surface area contributed by atoms with Crippen LogP contribution in [-0.2, 0) is 15.5 Å². The van der Waals surface area contributed by atoms with E-state index in [4.69, 9.17) is 9.26 Å². The van der Waals surface area contributed by atoms with Gasteiger partial charge in [0.25, 0.3) is 5.91 Å². The fourth-order valence-corrected chi connectivity index (χ4v) is 3.80. The Morgan fingerprint density at radius 1 is 1.15 bits per heavy atom. The Bertz CT molecular complexity index is 1060. The van der Waals surface area contributed by atoms with Crippen LogP contribution < -0.4 is 4.74 Å². The number of benzene rings is 2. The van der Waals surface area contributed by atoms with E-state index < -0.39 is 15.6 Å². The molecule has 0 spiro atoms. The van der Waals surface area contributed by atoms with E-state index in [9.17, 15) is 9.00 Å². The van der Waals surface area contributed by atoms with Gasteiger partial charge in [-0.25, -0.2) is 4.21 Å². The molecule has 1 aromatic heterocycles. The second kappa shape index (κ2) is 7.71. The molecule has 0 radical (unpaired) electrons. The summed E-state index contributed by atoms with van der Waals surface area (Å²) >= 11 is 0. The lowest BCUT2D eigenvalue weighted by Crippen LogP contribution is -2.06. The SMILES string of the molecule is COc1ccc(CS(C)(=O)=NC(=O)c2ccc(-c3noc(C)n3)cc2)cc1. The summed E-state index contributed by atoms with van der Waals surface area (Å²) in [5.74, 6) is 1.29.